The van der Waals surface area contributed by atoms with Gasteiger partial charge in [-0.1, -0.05) is 36.1 Å². The average molecular weight is 328 g/mol. The Labute approximate surface area is 143 Å². The normalized spacial score (nSPS) is 20.3. The molecule has 1 heteroatoms. The Bertz CT molecular complexity index is 440. The molecule has 0 radical (unpaired) electrons. The fraction of sp³-hybridized carbons (Fsp3) is 0.600. The Balaban J connectivity index is 0.000000364. The molecule has 21 heavy (non-hydrogen) atoms. The van der Waals surface area contributed by atoms with Crippen LogP contribution in [0.5, 0.6) is 0 Å². The first-order valence-electron chi connectivity index (χ1n) is 7.81. The molecule has 0 spiro atoms. The van der Waals surface area contributed by atoms with Gasteiger partial charge in [-0.3, -0.25) is 0 Å². The van der Waals surface area contributed by atoms with E-state index in [0.717, 1.165) is 0 Å². The van der Waals surface area contributed by atoms with Crippen molar-refractivity contribution in [3.63, 3.8) is 0 Å². The van der Waals surface area contributed by atoms with Gasteiger partial charge in [0.15, 0.2) is 0 Å². The van der Waals surface area contributed by atoms with Crippen molar-refractivity contribution < 1.29 is 17.1 Å². The van der Waals surface area contributed by atoms with Crippen LogP contribution in [0, 0.1) is 11.8 Å². The van der Waals surface area contributed by atoms with Crippen LogP contribution in [0.25, 0.3) is 0 Å². The number of rotatable bonds is 0. The van der Waals surface area contributed by atoms with Crippen LogP contribution >= 0.6 is 0 Å². The average Bonchev–Trinajstić information content (AvgIpc) is 2.71. The molecule has 2 aliphatic carbocycles. The van der Waals surface area contributed by atoms with E-state index in [1.807, 2.05) is 0 Å². The first kappa shape index (κ1) is 20.5. The van der Waals surface area contributed by atoms with E-state index in [1.54, 1.807) is 22.3 Å². The standard InChI is InChI=1S/2C10H16.Fe/c2*1-6-7(2)9(4)10(5)8(6)3;/h2*6H,1-5H3;. The Morgan fingerprint density at radius 1 is 0.429 bits per heavy atom. The quantitative estimate of drug-likeness (QED) is 0.439. The van der Waals surface area contributed by atoms with Gasteiger partial charge in [0.2, 0.25) is 0 Å². The maximum Gasteiger partial charge on any atom is 0 e. The first-order valence-corrected chi connectivity index (χ1v) is 7.81. The van der Waals surface area contributed by atoms with E-state index in [4.69, 9.17) is 0 Å². The summed E-state index contributed by atoms with van der Waals surface area (Å²) in [5, 5.41) is 0. The molecular weight excluding hydrogens is 296 g/mol. The van der Waals surface area contributed by atoms with Crippen molar-refractivity contribution >= 4 is 0 Å². The van der Waals surface area contributed by atoms with Gasteiger partial charge in [-0.2, -0.15) is 0 Å². The van der Waals surface area contributed by atoms with Crippen molar-refractivity contribution in [2.75, 3.05) is 0 Å². The second kappa shape index (κ2) is 7.65. The zero-order valence-corrected chi connectivity index (χ0v) is 16.6. The molecule has 0 saturated carbocycles. The molecule has 2 aliphatic rings. The third kappa shape index (κ3) is 3.82. The van der Waals surface area contributed by atoms with E-state index in [2.05, 4.69) is 69.2 Å². The van der Waals surface area contributed by atoms with Crippen molar-refractivity contribution in [3.8, 4) is 0 Å². The van der Waals surface area contributed by atoms with Gasteiger partial charge in [0.05, 0.1) is 0 Å². The van der Waals surface area contributed by atoms with Crippen LogP contribution < -0.4 is 0 Å². The number of hydrogen-bond donors (Lipinski definition) is 0. The molecule has 0 nitrogen and oxygen atoms in total. The molecular formula is C20H32Fe. The third-order valence-corrected chi connectivity index (χ3v) is 6.09. The SMILES string of the molecule is CC1=C(C)C(C)C(C)=C1C.CC1=C(C)C(C)C(C)=C1C.[Fe]. The Morgan fingerprint density at radius 3 is 0.619 bits per heavy atom. The van der Waals surface area contributed by atoms with E-state index in [1.165, 1.54) is 22.3 Å². The van der Waals surface area contributed by atoms with E-state index in [9.17, 15) is 0 Å². The maximum atomic E-state index is 2.28. The Hall–Kier alpha value is -0.521. The van der Waals surface area contributed by atoms with Gasteiger partial charge in [-0.15, -0.1) is 0 Å². The largest absolute Gasteiger partial charge is 0.0632 e. The first-order chi connectivity index (χ1) is 9.11. The summed E-state index contributed by atoms with van der Waals surface area (Å²) in [5.41, 5.74) is 12.2. The van der Waals surface area contributed by atoms with Gasteiger partial charge in [0, 0.05) is 17.1 Å². The molecule has 120 valence electrons. The van der Waals surface area contributed by atoms with Gasteiger partial charge in [0.25, 0.3) is 0 Å². The van der Waals surface area contributed by atoms with E-state index < -0.39 is 0 Å². The van der Waals surface area contributed by atoms with Crippen LogP contribution in [0.3, 0.4) is 0 Å². The van der Waals surface area contributed by atoms with Crippen LogP contribution in [0.4, 0.5) is 0 Å². The van der Waals surface area contributed by atoms with Gasteiger partial charge >= 0.3 is 0 Å². The van der Waals surface area contributed by atoms with Crippen LogP contribution in [0.1, 0.15) is 69.2 Å². The van der Waals surface area contributed by atoms with Gasteiger partial charge in [0.1, 0.15) is 0 Å². The second-order valence-corrected chi connectivity index (χ2v) is 6.68. The smallest absolute Gasteiger partial charge is 0 e. The summed E-state index contributed by atoms with van der Waals surface area (Å²) in [7, 11) is 0. The molecule has 0 heterocycles. The molecule has 0 aromatic heterocycles. The predicted molar refractivity (Wildman–Crippen MR) is 91.8 cm³/mol. The molecule has 0 aliphatic heterocycles. The molecule has 0 bridgehead atoms. The summed E-state index contributed by atoms with van der Waals surface area (Å²) in [6.45, 7) is 22.4. The molecule has 0 saturated heterocycles. The van der Waals surface area contributed by atoms with E-state index >= 15 is 0 Å². The summed E-state index contributed by atoms with van der Waals surface area (Å²) >= 11 is 0. The van der Waals surface area contributed by atoms with Crippen molar-refractivity contribution in [3.05, 3.63) is 44.6 Å². The molecule has 0 unspecified atom stereocenters. The van der Waals surface area contributed by atoms with E-state index in [-0.39, 0.29) is 17.1 Å². The number of hydrogen-bond acceptors (Lipinski definition) is 0. The summed E-state index contributed by atoms with van der Waals surface area (Å²) in [5.74, 6) is 1.39. The van der Waals surface area contributed by atoms with Crippen LogP contribution in [0.2, 0.25) is 0 Å². The minimum absolute atomic E-state index is 0. The maximum absolute atomic E-state index is 2.28. The molecule has 0 atom stereocenters. The third-order valence-electron chi connectivity index (χ3n) is 6.09. The zero-order chi connectivity index (χ0) is 15.8. The molecule has 0 fully saturated rings. The molecule has 0 N–H and O–H groups in total. The summed E-state index contributed by atoms with van der Waals surface area (Å²) in [6.07, 6.45) is 0. The Kier molecular flexibility index (Phi) is 7.46. The monoisotopic (exact) mass is 328 g/mol. The van der Waals surface area contributed by atoms with Crippen molar-refractivity contribution in [2.45, 2.75) is 69.2 Å². The minimum Gasteiger partial charge on any atom is -0.0632 e. The molecule has 0 aromatic rings. The van der Waals surface area contributed by atoms with E-state index in [0.29, 0.717) is 11.8 Å². The Morgan fingerprint density at radius 2 is 0.571 bits per heavy atom. The van der Waals surface area contributed by atoms with Gasteiger partial charge in [-0.05, 0) is 89.5 Å². The summed E-state index contributed by atoms with van der Waals surface area (Å²) in [4.78, 5) is 0. The zero-order valence-electron chi connectivity index (χ0n) is 15.5. The predicted octanol–water partition coefficient (Wildman–Crippen LogP) is 6.62. The minimum atomic E-state index is 0. The second-order valence-electron chi connectivity index (χ2n) is 6.68. The molecule has 0 aromatic carbocycles. The number of allylic oxidation sites excluding steroid dienone is 8. The van der Waals surface area contributed by atoms with Crippen LogP contribution in [-0.2, 0) is 17.1 Å². The topological polar surface area (TPSA) is 0 Å². The summed E-state index contributed by atoms with van der Waals surface area (Å²) in [6, 6.07) is 0. The van der Waals surface area contributed by atoms with Crippen molar-refractivity contribution in [2.24, 2.45) is 11.8 Å². The van der Waals surface area contributed by atoms with Crippen molar-refractivity contribution in [1.29, 1.82) is 0 Å². The molecule has 2 rings (SSSR count). The summed E-state index contributed by atoms with van der Waals surface area (Å²) < 4.78 is 0. The van der Waals surface area contributed by atoms with Crippen molar-refractivity contribution in [1.82, 2.24) is 0 Å². The fourth-order valence-corrected chi connectivity index (χ4v) is 3.13. The molecule has 0 amide bonds. The van der Waals surface area contributed by atoms with Gasteiger partial charge < -0.3 is 0 Å². The van der Waals surface area contributed by atoms with Crippen LogP contribution in [0.15, 0.2) is 44.6 Å². The van der Waals surface area contributed by atoms with Crippen LogP contribution in [-0.4, -0.2) is 0 Å². The van der Waals surface area contributed by atoms with Gasteiger partial charge in [-0.25, -0.2) is 0 Å². The fourth-order valence-electron chi connectivity index (χ4n) is 3.13.